The molecule has 110 valence electrons. The third-order valence-corrected chi connectivity index (χ3v) is 3.94. The van der Waals surface area contributed by atoms with E-state index in [9.17, 15) is 9.18 Å². The molecular weight excluding hydrogens is 304 g/mol. The summed E-state index contributed by atoms with van der Waals surface area (Å²) in [6.45, 7) is 2.80. The first-order chi connectivity index (χ1) is 9.51. The monoisotopic (exact) mass is 319 g/mol. The van der Waals surface area contributed by atoms with Gasteiger partial charge in [-0.25, -0.2) is 4.39 Å². The van der Waals surface area contributed by atoms with Crippen LogP contribution >= 0.6 is 23.2 Å². The molecule has 2 unspecified atom stereocenters. The normalized spacial score (nSPS) is 22.9. The molecule has 0 radical (unpaired) electrons. The van der Waals surface area contributed by atoms with E-state index in [1.807, 2.05) is 6.92 Å². The van der Waals surface area contributed by atoms with Gasteiger partial charge in [-0.05, 0) is 19.1 Å². The molecule has 1 heterocycles. The summed E-state index contributed by atoms with van der Waals surface area (Å²) >= 11 is 11.7. The molecule has 0 spiro atoms. The minimum atomic E-state index is -0.457. The first-order valence-corrected chi connectivity index (χ1v) is 7.34. The molecular formula is C14H16Cl2FNO2. The minimum absolute atomic E-state index is 0.0484. The summed E-state index contributed by atoms with van der Waals surface area (Å²) in [6.07, 6.45) is -0.305. The van der Waals surface area contributed by atoms with Crippen LogP contribution in [0.1, 0.15) is 12.5 Å². The fourth-order valence-corrected chi connectivity index (χ4v) is 2.70. The van der Waals surface area contributed by atoms with Gasteiger partial charge in [0.05, 0.1) is 24.5 Å². The van der Waals surface area contributed by atoms with Gasteiger partial charge in [0.2, 0.25) is 5.91 Å². The van der Waals surface area contributed by atoms with Crippen LogP contribution in [0.2, 0.25) is 5.02 Å². The summed E-state index contributed by atoms with van der Waals surface area (Å²) in [6, 6.07) is 4.40. The maximum atomic E-state index is 13.7. The largest absolute Gasteiger partial charge is 0.370 e. The Kier molecular flexibility index (Phi) is 5.24. The van der Waals surface area contributed by atoms with Gasteiger partial charge in [-0.1, -0.05) is 17.7 Å². The van der Waals surface area contributed by atoms with E-state index in [1.165, 1.54) is 12.1 Å². The number of morpholine rings is 1. The SMILES string of the molecule is CC1CN(C(=O)Cc2c(F)cccc2Cl)CC(CCl)O1. The van der Waals surface area contributed by atoms with Crippen molar-refractivity contribution in [2.75, 3.05) is 19.0 Å². The van der Waals surface area contributed by atoms with Crippen LogP contribution in [-0.2, 0) is 16.0 Å². The first-order valence-electron chi connectivity index (χ1n) is 6.43. The Balaban J connectivity index is 2.08. The van der Waals surface area contributed by atoms with Crippen LogP contribution in [0.25, 0.3) is 0 Å². The third kappa shape index (κ3) is 3.62. The van der Waals surface area contributed by atoms with Gasteiger partial charge in [0, 0.05) is 23.7 Å². The summed E-state index contributed by atoms with van der Waals surface area (Å²) in [7, 11) is 0. The van der Waals surface area contributed by atoms with Crippen LogP contribution in [0.5, 0.6) is 0 Å². The van der Waals surface area contributed by atoms with Crippen LogP contribution in [0.4, 0.5) is 4.39 Å². The van der Waals surface area contributed by atoms with Crippen molar-refractivity contribution in [3.63, 3.8) is 0 Å². The van der Waals surface area contributed by atoms with Gasteiger partial charge in [-0.3, -0.25) is 4.79 Å². The average molecular weight is 320 g/mol. The molecule has 1 amide bonds. The number of carbonyl (C=O) groups is 1. The quantitative estimate of drug-likeness (QED) is 0.802. The predicted molar refractivity (Wildman–Crippen MR) is 76.7 cm³/mol. The third-order valence-electron chi connectivity index (χ3n) is 3.24. The molecule has 2 atom stereocenters. The molecule has 1 aliphatic rings. The summed E-state index contributed by atoms with van der Waals surface area (Å²) in [5.74, 6) is -0.294. The molecule has 1 aliphatic heterocycles. The number of alkyl halides is 1. The van der Waals surface area contributed by atoms with E-state index in [0.29, 0.717) is 19.0 Å². The molecule has 0 N–H and O–H groups in total. The maximum absolute atomic E-state index is 13.7. The summed E-state index contributed by atoms with van der Waals surface area (Å²) in [4.78, 5) is 13.9. The Hall–Kier alpha value is -0.840. The van der Waals surface area contributed by atoms with Gasteiger partial charge in [-0.15, -0.1) is 11.6 Å². The highest BCUT2D eigenvalue weighted by Gasteiger charge is 2.28. The van der Waals surface area contributed by atoms with E-state index in [1.54, 1.807) is 11.0 Å². The van der Waals surface area contributed by atoms with Crippen molar-refractivity contribution < 1.29 is 13.9 Å². The lowest BCUT2D eigenvalue weighted by atomic mass is 10.1. The number of halogens is 3. The molecule has 1 aromatic carbocycles. The number of hydrogen-bond acceptors (Lipinski definition) is 2. The lowest BCUT2D eigenvalue weighted by molar-refractivity contribution is -0.142. The Morgan fingerprint density at radius 2 is 2.25 bits per heavy atom. The Labute approximate surface area is 127 Å². The van der Waals surface area contributed by atoms with Gasteiger partial charge >= 0.3 is 0 Å². The molecule has 20 heavy (non-hydrogen) atoms. The number of ether oxygens (including phenoxy) is 1. The van der Waals surface area contributed by atoms with Crippen LogP contribution in [0.3, 0.4) is 0 Å². The Morgan fingerprint density at radius 1 is 1.50 bits per heavy atom. The molecule has 0 aromatic heterocycles. The fourth-order valence-electron chi connectivity index (χ4n) is 2.30. The number of hydrogen-bond donors (Lipinski definition) is 0. The standard InChI is InChI=1S/C14H16Cl2FNO2/c1-9-7-18(8-10(6-15)20-9)14(19)5-11-12(16)3-2-4-13(11)17/h2-4,9-10H,5-8H2,1H3. The maximum Gasteiger partial charge on any atom is 0.227 e. The molecule has 3 nitrogen and oxygen atoms in total. The smallest absolute Gasteiger partial charge is 0.227 e. The lowest BCUT2D eigenvalue weighted by Gasteiger charge is -2.36. The summed E-state index contributed by atoms with van der Waals surface area (Å²) in [5, 5.41) is 0.272. The second-order valence-electron chi connectivity index (χ2n) is 4.90. The van der Waals surface area contributed by atoms with Gasteiger partial charge in [0.25, 0.3) is 0 Å². The van der Waals surface area contributed by atoms with Gasteiger partial charge < -0.3 is 9.64 Å². The molecule has 1 fully saturated rings. The van der Waals surface area contributed by atoms with Gasteiger partial charge in [0.1, 0.15) is 5.82 Å². The van der Waals surface area contributed by atoms with E-state index in [0.717, 1.165) is 0 Å². The zero-order valence-corrected chi connectivity index (χ0v) is 12.6. The number of rotatable bonds is 3. The molecule has 2 rings (SSSR count). The van der Waals surface area contributed by atoms with Gasteiger partial charge in [-0.2, -0.15) is 0 Å². The average Bonchev–Trinajstić information content (AvgIpc) is 2.42. The predicted octanol–water partition coefficient (Wildman–Crippen LogP) is 2.88. The highest BCUT2D eigenvalue weighted by atomic mass is 35.5. The summed E-state index contributed by atoms with van der Waals surface area (Å²) in [5.41, 5.74) is 0.237. The zero-order chi connectivity index (χ0) is 14.7. The van der Waals surface area contributed by atoms with E-state index in [4.69, 9.17) is 27.9 Å². The van der Waals surface area contributed by atoms with E-state index < -0.39 is 5.82 Å². The molecule has 0 bridgehead atoms. The highest BCUT2D eigenvalue weighted by Crippen LogP contribution is 2.21. The second-order valence-corrected chi connectivity index (χ2v) is 5.61. The van der Waals surface area contributed by atoms with E-state index >= 15 is 0 Å². The first kappa shape index (κ1) is 15.5. The van der Waals surface area contributed by atoms with Crippen LogP contribution in [0, 0.1) is 5.82 Å². The Bertz CT molecular complexity index is 478. The van der Waals surface area contributed by atoms with Crippen LogP contribution in [0.15, 0.2) is 18.2 Å². The van der Waals surface area contributed by atoms with E-state index in [-0.39, 0.29) is 35.1 Å². The zero-order valence-electron chi connectivity index (χ0n) is 11.1. The molecule has 1 aromatic rings. The highest BCUT2D eigenvalue weighted by molar-refractivity contribution is 6.31. The minimum Gasteiger partial charge on any atom is -0.370 e. The van der Waals surface area contributed by atoms with Gasteiger partial charge in [0.15, 0.2) is 0 Å². The number of nitrogens with zero attached hydrogens (tertiary/aromatic N) is 1. The molecule has 0 aliphatic carbocycles. The summed E-state index contributed by atoms with van der Waals surface area (Å²) < 4.78 is 19.3. The van der Waals surface area contributed by atoms with Crippen molar-refractivity contribution in [3.8, 4) is 0 Å². The van der Waals surface area contributed by atoms with Crippen LogP contribution < -0.4 is 0 Å². The van der Waals surface area contributed by atoms with Crippen molar-refractivity contribution in [3.05, 3.63) is 34.6 Å². The Morgan fingerprint density at radius 3 is 2.90 bits per heavy atom. The van der Waals surface area contributed by atoms with Crippen molar-refractivity contribution >= 4 is 29.1 Å². The number of benzene rings is 1. The van der Waals surface area contributed by atoms with Crippen molar-refractivity contribution in [1.29, 1.82) is 0 Å². The number of carbonyl (C=O) groups excluding carboxylic acids is 1. The number of amides is 1. The topological polar surface area (TPSA) is 29.5 Å². The molecule has 0 saturated carbocycles. The van der Waals surface area contributed by atoms with Crippen LogP contribution in [-0.4, -0.2) is 42.0 Å². The molecule has 6 heteroatoms. The fraction of sp³-hybridized carbons (Fsp3) is 0.500. The van der Waals surface area contributed by atoms with Crippen molar-refractivity contribution in [2.45, 2.75) is 25.6 Å². The second kappa shape index (κ2) is 6.74. The van der Waals surface area contributed by atoms with Crippen molar-refractivity contribution in [1.82, 2.24) is 4.90 Å². The molecule has 1 saturated heterocycles. The lowest BCUT2D eigenvalue weighted by Crippen LogP contribution is -2.50. The van der Waals surface area contributed by atoms with Crippen molar-refractivity contribution in [2.24, 2.45) is 0 Å². The van der Waals surface area contributed by atoms with E-state index in [2.05, 4.69) is 0 Å².